The number of ether oxygens (including phenoxy) is 3. The van der Waals surface area contributed by atoms with Gasteiger partial charge in [0.25, 0.3) is 0 Å². The number of nitrogens with zero attached hydrogens (tertiary/aromatic N) is 1. The molecule has 0 aromatic heterocycles. The van der Waals surface area contributed by atoms with Crippen LogP contribution in [0.2, 0.25) is 18.1 Å². The van der Waals surface area contributed by atoms with Crippen molar-refractivity contribution in [1.29, 1.82) is 0 Å². The first-order valence-electron chi connectivity index (χ1n) is 16.0. The van der Waals surface area contributed by atoms with Crippen molar-refractivity contribution >= 4 is 26.2 Å². The lowest BCUT2D eigenvalue weighted by atomic mass is 9.39. The summed E-state index contributed by atoms with van der Waals surface area (Å²) >= 11 is 0. The molecule has 9 nitrogen and oxygen atoms in total. The Morgan fingerprint density at radius 3 is 2.14 bits per heavy atom. The van der Waals surface area contributed by atoms with Crippen LogP contribution in [-0.2, 0) is 28.2 Å². The molecule has 0 unspecified atom stereocenters. The molecule has 0 aromatic carbocycles. The summed E-state index contributed by atoms with van der Waals surface area (Å²) in [6, 6.07) is 0. The van der Waals surface area contributed by atoms with Gasteiger partial charge in [0, 0.05) is 36.9 Å². The molecule has 3 aliphatic rings. The van der Waals surface area contributed by atoms with Crippen molar-refractivity contribution in [1.82, 2.24) is 4.90 Å². The predicted octanol–water partition coefficient (Wildman–Crippen LogP) is 6.20. The van der Waals surface area contributed by atoms with Gasteiger partial charge in [-0.25, -0.2) is 9.59 Å². The second-order valence-corrected chi connectivity index (χ2v) is 20.5. The van der Waals surface area contributed by atoms with Crippen LogP contribution in [0.4, 0.5) is 4.79 Å². The van der Waals surface area contributed by atoms with E-state index in [9.17, 15) is 19.5 Å². The second kappa shape index (κ2) is 11.7. The van der Waals surface area contributed by atoms with Crippen LogP contribution in [0.15, 0.2) is 25.3 Å². The number of hydrogen-bond donors (Lipinski definition) is 1. The number of hydrogen-bond acceptors (Lipinski definition) is 8. The number of Topliss-reactive ketones (excluding diaryl/α,β-unsaturated/α-hetero) is 1. The van der Waals surface area contributed by atoms with Gasteiger partial charge in [-0.05, 0) is 64.1 Å². The van der Waals surface area contributed by atoms with Gasteiger partial charge in [0.2, 0.25) is 0 Å². The Labute approximate surface area is 265 Å². The van der Waals surface area contributed by atoms with E-state index < -0.39 is 78.0 Å². The Hall–Kier alpha value is -2.01. The summed E-state index contributed by atoms with van der Waals surface area (Å²) in [6.45, 7) is 32.0. The quantitative estimate of drug-likeness (QED) is 0.145. The van der Waals surface area contributed by atoms with Crippen molar-refractivity contribution in [3.63, 3.8) is 0 Å². The summed E-state index contributed by atoms with van der Waals surface area (Å²) in [5.41, 5.74) is -7.13. The fourth-order valence-electron chi connectivity index (χ4n) is 8.10. The lowest BCUT2D eigenvalue weighted by molar-refractivity contribution is -0.368. The van der Waals surface area contributed by atoms with Crippen LogP contribution in [0.3, 0.4) is 0 Å². The lowest BCUT2D eigenvalue weighted by Gasteiger charge is -2.72. The fraction of sp³-hybridized carbons (Fsp3) is 0.794. The zero-order chi connectivity index (χ0) is 33.9. The molecule has 10 heteroatoms. The maximum absolute atomic E-state index is 14.7. The molecular weight excluding hydrogens is 578 g/mol. The van der Waals surface area contributed by atoms with Gasteiger partial charge in [0.05, 0.1) is 11.7 Å². The summed E-state index contributed by atoms with van der Waals surface area (Å²) in [7, 11) is -2.46. The highest BCUT2D eigenvalue weighted by Gasteiger charge is 2.82. The molecule has 0 bridgehead atoms. The number of ketones is 1. The highest BCUT2D eigenvalue weighted by atomic mass is 28.4. The van der Waals surface area contributed by atoms with Crippen LogP contribution in [0.1, 0.15) is 88.5 Å². The number of amides is 1. The number of esters is 1. The van der Waals surface area contributed by atoms with E-state index in [0.29, 0.717) is 25.9 Å². The van der Waals surface area contributed by atoms with Gasteiger partial charge in [-0.3, -0.25) is 4.79 Å². The third kappa shape index (κ3) is 5.41. The van der Waals surface area contributed by atoms with E-state index >= 15 is 0 Å². The average Bonchev–Trinajstić information content (AvgIpc) is 2.90. The highest BCUT2D eigenvalue weighted by Crippen LogP contribution is 2.68. The maximum atomic E-state index is 14.7. The zero-order valence-electron chi connectivity index (χ0n) is 29.2. The van der Waals surface area contributed by atoms with Crippen molar-refractivity contribution in [3.05, 3.63) is 25.3 Å². The molecule has 44 heavy (non-hydrogen) atoms. The van der Waals surface area contributed by atoms with Crippen molar-refractivity contribution in [2.45, 2.75) is 142 Å². The van der Waals surface area contributed by atoms with E-state index in [2.05, 4.69) is 47.0 Å². The molecule has 2 saturated carbocycles. The van der Waals surface area contributed by atoms with E-state index in [1.807, 2.05) is 34.6 Å². The number of fused-ring (bicyclic) bond motifs is 3. The van der Waals surface area contributed by atoms with Crippen LogP contribution in [0.5, 0.6) is 0 Å². The van der Waals surface area contributed by atoms with E-state index in [1.54, 1.807) is 13.8 Å². The van der Waals surface area contributed by atoms with Gasteiger partial charge in [-0.2, -0.15) is 0 Å². The normalized spacial score (nSPS) is 38.5. The average molecular weight is 636 g/mol. The minimum atomic E-state index is -2.46. The smallest absolute Gasteiger partial charge is 0.410 e. The minimum Gasteiger partial charge on any atom is -0.455 e. The fourth-order valence-corrected chi connectivity index (χ4v) is 9.53. The van der Waals surface area contributed by atoms with Crippen LogP contribution >= 0.6 is 0 Å². The zero-order valence-corrected chi connectivity index (χ0v) is 30.2. The molecule has 0 spiro atoms. The van der Waals surface area contributed by atoms with Gasteiger partial charge in [-0.1, -0.05) is 54.2 Å². The molecule has 1 saturated heterocycles. The molecule has 250 valence electrons. The predicted molar refractivity (Wildman–Crippen MR) is 173 cm³/mol. The number of rotatable bonds is 8. The molecule has 1 heterocycles. The topological polar surface area (TPSA) is 112 Å². The van der Waals surface area contributed by atoms with Crippen molar-refractivity contribution in [3.8, 4) is 0 Å². The first kappa shape index (κ1) is 36.5. The number of carbonyl (C=O) groups is 3. The lowest BCUT2D eigenvalue weighted by Crippen LogP contribution is -2.87. The molecule has 0 radical (unpaired) electrons. The summed E-state index contributed by atoms with van der Waals surface area (Å²) in [4.78, 5) is 42.9. The molecule has 8 atom stereocenters. The Bertz CT molecular complexity index is 1170. The van der Waals surface area contributed by atoms with Crippen molar-refractivity contribution in [2.75, 3.05) is 13.1 Å². The first-order chi connectivity index (χ1) is 20.0. The maximum Gasteiger partial charge on any atom is 0.410 e. The van der Waals surface area contributed by atoms with E-state index in [-0.39, 0.29) is 11.5 Å². The summed E-state index contributed by atoms with van der Waals surface area (Å²) < 4.78 is 26.4. The Morgan fingerprint density at radius 1 is 1.09 bits per heavy atom. The molecule has 3 rings (SSSR count). The Morgan fingerprint density at radius 2 is 1.66 bits per heavy atom. The minimum absolute atomic E-state index is 0.133. The van der Waals surface area contributed by atoms with Crippen LogP contribution in [0, 0.1) is 16.7 Å². The highest BCUT2D eigenvalue weighted by molar-refractivity contribution is 6.74. The van der Waals surface area contributed by atoms with Gasteiger partial charge < -0.3 is 28.6 Å². The van der Waals surface area contributed by atoms with Crippen molar-refractivity contribution < 1.29 is 38.1 Å². The number of carbonyl (C=O) groups excluding carboxylic acids is 3. The third-order valence-electron chi connectivity index (χ3n) is 11.6. The van der Waals surface area contributed by atoms with Gasteiger partial charge in [0.1, 0.15) is 11.7 Å². The summed E-state index contributed by atoms with van der Waals surface area (Å²) in [5.74, 6) is -1.82. The standard InChI is InChI=1S/C34H57NO8Si/c1-15-24(37)40-25-26-30(8,9)20-19-23(42-44(13,14)29(5,6)7)32(26,11)34(39)22(36)21-31(10,16-2)43-33(34,12)27(25)41-28(38)35(17-3)18-4/h15-16,23,25-27,39H,1-2,17-21H2,3-14H3/t23-,25-,26-,27-,31-,32-,33+,34-/m0/s1. The number of aliphatic hydroxyl groups is 1. The Balaban J connectivity index is 2.44. The molecule has 0 aromatic rings. The van der Waals surface area contributed by atoms with Gasteiger partial charge in [0.15, 0.2) is 25.8 Å². The summed E-state index contributed by atoms with van der Waals surface area (Å²) in [6.07, 6.45) is 0.0171. The second-order valence-electron chi connectivity index (χ2n) is 15.8. The molecule has 2 aliphatic carbocycles. The SMILES string of the molecule is C=CC(=O)O[C@H]1[C@H]2C(C)(C)CC[C@H](O[Si](C)(C)C(C)(C)C)[C@]2(C)[C@@]2(O)C(=O)C[C@](C)(C=C)O[C@]2(C)[C@H]1OC(=O)N(CC)CC. The first-order valence-corrected chi connectivity index (χ1v) is 18.9. The van der Waals surface area contributed by atoms with E-state index in [1.165, 1.54) is 11.0 Å². The van der Waals surface area contributed by atoms with Crippen LogP contribution in [-0.4, -0.2) is 84.4 Å². The molecule has 1 amide bonds. The van der Waals surface area contributed by atoms with Crippen LogP contribution < -0.4 is 0 Å². The van der Waals surface area contributed by atoms with Crippen LogP contribution in [0.25, 0.3) is 0 Å². The molecule has 3 fully saturated rings. The van der Waals surface area contributed by atoms with Gasteiger partial charge in [-0.15, -0.1) is 6.58 Å². The third-order valence-corrected chi connectivity index (χ3v) is 16.1. The van der Waals surface area contributed by atoms with E-state index in [0.717, 1.165) is 6.08 Å². The van der Waals surface area contributed by atoms with Gasteiger partial charge >= 0.3 is 12.1 Å². The monoisotopic (exact) mass is 635 g/mol. The summed E-state index contributed by atoms with van der Waals surface area (Å²) in [5, 5.41) is 13.2. The van der Waals surface area contributed by atoms with Crippen molar-refractivity contribution in [2.24, 2.45) is 16.7 Å². The van der Waals surface area contributed by atoms with E-state index in [4.69, 9.17) is 18.6 Å². The molecule has 1 N–H and O–H groups in total. The molecular formula is C34H57NO8Si. The Kier molecular flexibility index (Phi) is 9.66. The molecule has 1 aliphatic heterocycles. The largest absolute Gasteiger partial charge is 0.455 e.